The molecule has 0 saturated carbocycles. The minimum absolute atomic E-state index is 0.183. The molecular weight excluding hydrogens is 370 g/mol. The summed E-state index contributed by atoms with van der Waals surface area (Å²) < 4.78 is 17.9. The highest BCUT2D eigenvalue weighted by atomic mass is 35.5. The fraction of sp³-hybridized carbons (Fsp3) is 0.263. The van der Waals surface area contributed by atoms with E-state index in [1.165, 1.54) is 7.11 Å². The molecular formula is C19H20ClN3O4. The lowest BCUT2D eigenvalue weighted by molar-refractivity contribution is 0.0994. The average molecular weight is 390 g/mol. The molecule has 27 heavy (non-hydrogen) atoms. The molecule has 0 saturated heterocycles. The molecule has 3 rings (SSSR count). The van der Waals surface area contributed by atoms with Crippen molar-refractivity contribution in [3.05, 3.63) is 58.3 Å². The van der Waals surface area contributed by atoms with Gasteiger partial charge in [0.2, 0.25) is 0 Å². The van der Waals surface area contributed by atoms with Gasteiger partial charge < -0.3 is 19.2 Å². The van der Waals surface area contributed by atoms with Crippen molar-refractivity contribution in [3.8, 4) is 11.5 Å². The first-order valence-electron chi connectivity index (χ1n) is 8.24. The number of aryl methyl sites for hydroxylation is 1. The van der Waals surface area contributed by atoms with Gasteiger partial charge in [-0.25, -0.2) is 0 Å². The highest BCUT2D eigenvalue weighted by molar-refractivity contribution is 6.31. The SMILES string of the molecule is COc1ccc(OC)c(NC(=O)c2ccc(Cn3nc(C)c(Cl)c3C)o2)c1. The lowest BCUT2D eigenvalue weighted by Gasteiger charge is -2.10. The average Bonchev–Trinajstić information content (AvgIpc) is 3.23. The van der Waals surface area contributed by atoms with E-state index in [0.717, 1.165) is 11.4 Å². The summed E-state index contributed by atoms with van der Waals surface area (Å²) in [7, 11) is 3.08. The number of nitrogens with one attached hydrogen (secondary N) is 1. The quantitative estimate of drug-likeness (QED) is 0.687. The molecule has 0 atom stereocenters. The third-order valence-electron chi connectivity index (χ3n) is 4.14. The number of anilines is 1. The molecule has 3 aromatic rings. The van der Waals surface area contributed by atoms with Gasteiger partial charge in [0.15, 0.2) is 5.76 Å². The molecule has 142 valence electrons. The first kappa shape index (κ1) is 18.8. The largest absolute Gasteiger partial charge is 0.497 e. The molecule has 0 spiro atoms. The molecule has 2 aromatic heterocycles. The summed E-state index contributed by atoms with van der Waals surface area (Å²) in [4.78, 5) is 12.5. The van der Waals surface area contributed by atoms with Crippen LogP contribution in [0, 0.1) is 13.8 Å². The van der Waals surface area contributed by atoms with Gasteiger partial charge in [0, 0.05) is 6.07 Å². The summed E-state index contributed by atoms with van der Waals surface area (Å²) in [6.45, 7) is 4.11. The topological polar surface area (TPSA) is 78.5 Å². The van der Waals surface area contributed by atoms with Gasteiger partial charge in [-0.1, -0.05) is 11.6 Å². The number of carbonyl (C=O) groups excluding carboxylic acids is 1. The van der Waals surface area contributed by atoms with E-state index in [2.05, 4.69) is 10.4 Å². The lowest BCUT2D eigenvalue weighted by atomic mass is 10.2. The number of halogens is 1. The van der Waals surface area contributed by atoms with Crippen LogP contribution in [-0.4, -0.2) is 29.9 Å². The number of nitrogens with zero attached hydrogens (tertiary/aromatic N) is 2. The maximum Gasteiger partial charge on any atom is 0.291 e. The Labute approximate surface area is 161 Å². The van der Waals surface area contributed by atoms with Crippen molar-refractivity contribution in [2.45, 2.75) is 20.4 Å². The number of aromatic nitrogens is 2. The zero-order chi connectivity index (χ0) is 19.6. The van der Waals surface area contributed by atoms with E-state index in [9.17, 15) is 4.79 Å². The summed E-state index contributed by atoms with van der Waals surface area (Å²) in [5, 5.41) is 7.76. The second kappa shape index (κ2) is 7.75. The van der Waals surface area contributed by atoms with Gasteiger partial charge >= 0.3 is 0 Å². The fourth-order valence-corrected chi connectivity index (χ4v) is 2.79. The van der Waals surface area contributed by atoms with E-state index in [1.807, 2.05) is 13.8 Å². The van der Waals surface area contributed by atoms with Crippen LogP contribution < -0.4 is 14.8 Å². The summed E-state index contributed by atoms with van der Waals surface area (Å²) >= 11 is 6.16. The molecule has 1 amide bonds. The van der Waals surface area contributed by atoms with E-state index in [0.29, 0.717) is 34.5 Å². The maximum absolute atomic E-state index is 12.5. The number of methoxy groups -OCH3 is 2. The van der Waals surface area contributed by atoms with Crippen LogP contribution in [0.15, 0.2) is 34.7 Å². The molecule has 1 N–H and O–H groups in total. The van der Waals surface area contributed by atoms with Gasteiger partial charge in [0.05, 0.1) is 42.9 Å². The Morgan fingerprint density at radius 2 is 2.00 bits per heavy atom. The van der Waals surface area contributed by atoms with Crippen molar-refractivity contribution >= 4 is 23.2 Å². The number of furan rings is 1. The molecule has 2 heterocycles. The molecule has 1 aromatic carbocycles. The Balaban J connectivity index is 1.76. The molecule has 0 aliphatic carbocycles. The summed E-state index contributed by atoms with van der Waals surface area (Å²) in [5.41, 5.74) is 2.09. The molecule has 8 heteroatoms. The second-order valence-electron chi connectivity index (χ2n) is 5.93. The van der Waals surface area contributed by atoms with Crippen LogP contribution in [0.4, 0.5) is 5.69 Å². The molecule has 0 radical (unpaired) electrons. The van der Waals surface area contributed by atoms with Crippen molar-refractivity contribution in [2.24, 2.45) is 0 Å². The molecule has 0 bridgehead atoms. The summed E-state index contributed by atoms with van der Waals surface area (Å²) in [5.74, 6) is 1.52. The van der Waals surface area contributed by atoms with Crippen LogP contribution in [-0.2, 0) is 6.54 Å². The standard InChI is InChI=1S/C19H20ClN3O4/c1-11-18(20)12(2)23(22-11)10-14-6-8-17(27-14)19(24)21-15-9-13(25-3)5-7-16(15)26-4/h5-9H,10H2,1-4H3,(H,21,24). The number of hydrogen-bond acceptors (Lipinski definition) is 5. The monoisotopic (exact) mass is 389 g/mol. The Bertz CT molecular complexity index is 977. The van der Waals surface area contributed by atoms with Crippen LogP contribution in [0.1, 0.15) is 27.7 Å². The van der Waals surface area contributed by atoms with E-state index in [1.54, 1.807) is 42.1 Å². The predicted molar refractivity (Wildman–Crippen MR) is 102 cm³/mol. The Morgan fingerprint density at radius 1 is 1.22 bits per heavy atom. The van der Waals surface area contributed by atoms with Crippen molar-refractivity contribution in [1.82, 2.24) is 9.78 Å². The zero-order valence-electron chi connectivity index (χ0n) is 15.5. The van der Waals surface area contributed by atoms with Crippen molar-refractivity contribution in [2.75, 3.05) is 19.5 Å². The third kappa shape index (κ3) is 3.93. The molecule has 0 aliphatic heterocycles. The maximum atomic E-state index is 12.5. The lowest BCUT2D eigenvalue weighted by Crippen LogP contribution is -2.12. The molecule has 0 unspecified atom stereocenters. The molecule has 0 aliphatic rings. The van der Waals surface area contributed by atoms with E-state index in [-0.39, 0.29) is 11.7 Å². The number of ether oxygens (including phenoxy) is 2. The summed E-state index contributed by atoms with van der Waals surface area (Å²) in [6.07, 6.45) is 0. The minimum atomic E-state index is -0.390. The van der Waals surface area contributed by atoms with Crippen LogP contribution >= 0.6 is 11.6 Å². The Kier molecular flexibility index (Phi) is 5.41. The number of rotatable bonds is 6. The van der Waals surface area contributed by atoms with Gasteiger partial charge in [0.1, 0.15) is 17.3 Å². The second-order valence-corrected chi connectivity index (χ2v) is 6.31. The van der Waals surface area contributed by atoms with Crippen molar-refractivity contribution in [1.29, 1.82) is 0 Å². The van der Waals surface area contributed by atoms with Gasteiger partial charge in [-0.2, -0.15) is 5.10 Å². The van der Waals surface area contributed by atoms with E-state index in [4.69, 9.17) is 25.5 Å². The number of benzene rings is 1. The zero-order valence-corrected chi connectivity index (χ0v) is 16.3. The van der Waals surface area contributed by atoms with Crippen LogP contribution in [0.2, 0.25) is 5.02 Å². The number of hydrogen-bond donors (Lipinski definition) is 1. The van der Waals surface area contributed by atoms with E-state index < -0.39 is 0 Å². The first-order valence-corrected chi connectivity index (χ1v) is 8.62. The highest BCUT2D eigenvalue weighted by Gasteiger charge is 2.16. The fourth-order valence-electron chi connectivity index (χ4n) is 2.66. The van der Waals surface area contributed by atoms with Crippen LogP contribution in [0.25, 0.3) is 0 Å². The first-order chi connectivity index (χ1) is 12.9. The van der Waals surface area contributed by atoms with Gasteiger partial charge in [-0.15, -0.1) is 0 Å². The van der Waals surface area contributed by atoms with Gasteiger partial charge in [0.25, 0.3) is 5.91 Å². The van der Waals surface area contributed by atoms with Gasteiger partial charge in [-0.05, 0) is 38.1 Å². The number of amides is 1. The Hall–Kier alpha value is -2.93. The molecule has 0 fully saturated rings. The van der Waals surface area contributed by atoms with Crippen LogP contribution in [0.5, 0.6) is 11.5 Å². The van der Waals surface area contributed by atoms with Crippen LogP contribution in [0.3, 0.4) is 0 Å². The highest BCUT2D eigenvalue weighted by Crippen LogP contribution is 2.29. The minimum Gasteiger partial charge on any atom is -0.497 e. The van der Waals surface area contributed by atoms with Crippen molar-refractivity contribution < 1.29 is 18.7 Å². The Morgan fingerprint density at radius 3 is 2.63 bits per heavy atom. The van der Waals surface area contributed by atoms with E-state index >= 15 is 0 Å². The molecule has 7 nitrogen and oxygen atoms in total. The number of carbonyl (C=O) groups is 1. The van der Waals surface area contributed by atoms with Crippen molar-refractivity contribution in [3.63, 3.8) is 0 Å². The third-order valence-corrected chi connectivity index (χ3v) is 4.69. The summed E-state index contributed by atoms with van der Waals surface area (Å²) in [6, 6.07) is 8.50. The smallest absolute Gasteiger partial charge is 0.291 e. The van der Waals surface area contributed by atoms with Gasteiger partial charge in [-0.3, -0.25) is 9.48 Å². The predicted octanol–water partition coefficient (Wildman–Crippen LogP) is 4.06. The normalized spacial score (nSPS) is 10.7.